The van der Waals surface area contributed by atoms with E-state index in [0.717, 1.165) is 18.4 Å². The third kappa shape index (κ3) is 3.97. The fourth-order valence-electron chi connectivity index (χ4n) is 2.27. The number of nitrogens with one attached hydrogen (secondary N) is 2. The Morgan fingerprint density at radius 3 is 2.75 bits per heavy atom. The molecule has 2 N–H and O–H groups in total. The number of aryl methyl sites for hydroxylation is 2. The third-order valence-corrected chi connectivity index (χ3v) is 4.83. The van der Waals surface area contributed by atoms with Gasteiger partial charge in [-0.05, 0) is 44.4 Å². The molecule has 0 aliphatic heterocycles. The molecular weight excluding hydrogens is 329 g/mol. The van der Waals surface area contributed by atoms with Gasteiger partial charge in [0.25, 0.3) is 5.91 Å². The van der Waals surface area contributed by atoms with E-state index in [4.69, 9.17) is 0 Å². The zero-order valence-electron chi connectivity index (χ0n) is 13.5. The molecule has 7 heteroatoms. The number of anilines is 1. The summed E-state index contributed by atoms with van der Waals surface area (Å²) < 4.78 is 13.8. The number of thiazole rings is 1. The first-order chi connectivity index (χ1) is 11.4. The van der Waals surface area contributed by atoms with Gasteiger partial charge in [-0.25, -0.2) is 9.37 Å². The maximum atomic E-state index is 13.8. The molecule has 0 atom stereocenters. The predicted octanol–water partition coefficient (Wildman–Crippen LogP) is 2.97. The Balaban J connectivity index is 1.64. The summed E-state index contributed by atoms with van der Waals surface area (Å²) in [6, 6.07) is 4.90. The van der Waals surface area contributed by atoms with Crippen LogP contribution in [0, 0.1) is 19.7 Å². The van der Waals surface area contributed by atoms with Gasteiger partial charge in [0, 0.05) is 6.04 Å². The lowest BCUT2D eigenvalue weighted by Crippen LogP contribution is -2.25. The summed E-state index contributed by atoms with van der Waals surface area (Å²) in [6.45, 7) is 3.53. The SMILES string of the molecule is Cc1ccc(NC(=O)Cc2nc(C)c(C(=O)NC3CC3)s2)c(F)c1. The predicted molar refractivity (Wildman–Crippen MR) is 90.8 cm³/mol. The Morgan fingerprint density at radius 2 is 2.08 bits per heavy atom. The summed E-state index contributed by atoms with van der Waals surface area (Å²) in [6.07, 6.45) is 2.04. The van der Waals surface area contributed by atoms with Crippen LogP contribution in [0.25, 0.3) is 0 Å². The molecule has 5 nitrogen and oxygen atoms in total. The lowest BCUT2D eigenvalue weighted by molar-refractivity contribution is -0.115. The van der Waals surface area contributed by atoms with E-state index in [-0.39, 0.29) is 30.0 Å². The lowest BCUT2D eigenvalue weighted by Gasteiger charge is -2.05. The normalized spacial score (nSPS) is 13.6. The van der Waals surface area contributed by atoms with Gasteiger partial charge in [-0.2, -0.15) is 0 Å². The van der Waals surface area contributed by atoms with Crippen molar-refractivity contribution in [2.45, 2.75) is 39.2 Å². The quantitative estimate of drug-likeness (QED) is 0.873. The highest BCUT2D eigenvalue weighted by Gasteiger charge is 2.26. The molecule has 2 aromatic rings. The highest BCUT2D eigenvalue weighted by Crippen LogP contribution is 2.23. The van der Waals surface area contributed by atoms with E-state index in [2.05, 4.69) is 15.6 Å². The molecule has 1 heterocycles. The monoisotopic (exact) mass is 347 g/mol. The minimum Gasteiger partial charge on any atom is -0.349 e. The topological polar surface area (TPSA) is 71.1 Å². The molecule has 1 saturated carbocycles. The molecule has 1 aromatic heterocycles. The smallest absolute Gasteiger partial charge is 0.263 e. The summed E-state index contributed by atoms with van der Waals surface area (Å²) in [4.78, 5) is 29.0. The van der Waals surface area contributed by atoms with E-state index in [1.165, 1.54) is 23.5 Å². The molecule has 0 spiro atoms. The van der Waals surface area contributed by atoms with Gasteiger partial charge < -0.3 is 10.6 Å². The van der Waals surface area contributed by atoms with Gasteiger partial charge >= 0.3 is 0 Å². The number of halogens is 1. The zero-order valence-corrected chi connectivity index (χ0v) is 14.3. The van der Waals surface area contributed by atoms with Crippen LogP contribution in [0.4, 0.5) is 10.1 Å². The maximum absolute atomic E-state index is 13.8. The Bertz CT molecular complexity index is 799. The molecular formula is C17H18FN3O2S. The minimum atomic E-state index is -0.469. The number of hydrogen-bond donors (Lipinski definition) is 2. The highest BCUT2D eigenvalue weighted by molar-refractivity contribution is 7.13. The number of nitrogens with zero attached hydrogens (tertiary/aromatic N) is 1. The van der Waals surface area contributed by atoms with Gasteiger partial charge in [-0.1, -0.05) is 6.07 Å². The molecule has 1 aliphatic carbocycles. The van der Waals surface area contributed by atoms with Gasteiger partial charge in [-0.15, -0.1) is 11.3 Å². The van der Waals surface area contributed by atoms with Gasteiger partial charge in [0.2, 0.25) is 5.91 Å². The van der Waals surface area contributed by atoms with Crippen LogP contribution in [0.3, 0.4) is 0 Å². The van der Waals surface area contributed by atoms with Crippen LogP contribution in [0.15, 0.2) is 18.2 Å². The third-order valence-electron chi connectivity index (χ3n) is 3.67. The average molecular weight is 347 g/mol. The average Bonchev–Trinajstić information content (AvgIpc) is 3.23. The van der Waals surface area contributed by atoms with Crippen molar-refractivity contribution in [2.24, 2.45) is 0 Å². The first kappa shape index (κ1) is 16.6. The second kappa shape index (κ2) is 6.68. The molecule has 1 aliphatic rings. The summed E-state index contributed by atoms with van der Waals surface area (Å²) in [5, 5.41) is 5.99. The van der Waals surface area contributed by atoms with Crippen LogP contribution in [0.2, 0.25) is 0 Å². The van der Waals surface area contributed by atoms with Crippen molar-refractivity contribution >= 4 is 28.8 Å². The summed E-state index contributed by atoms with van der Waals surface area (Å²) in [7, 11) is 0. The van der Waals surface area contributed by atoms with E-state index in [1.807, 2.05) is 0 Å². The lowest BCUT2D eigenvalue weighted by atomic mass is 10.2. The van der Waals surface area contributed by atoms with Crippen molar-refractivity contribution in [3.05, 3.63) is 45.2 Å². The molecule has 3 rings (SSSR count). The standard InChI is InChI=1S/C17H18FN3O2S/c1-9-3-6-13(12(18)7-9)21-14(22)8-15-19-10(2)16(24-15)17(23)20-11-4-5-11/h3,6-7,11H,4-5,8H2,1-2H3,(H,20,23)(H,21,22). The largest absolute Gasteiger partial charge is 0.349 e. The number of amides is 2. The van der Waals surface area contributed by atoms with Gasteiger partial charge in [0.1, 0.15) is 15.7 Å². The number of hydrogen-bond acceptors (Lipinski definition) is 4. The van der Waals surface area contributed by atoms with Crippen molar-refractivity contribution in [1.29, 1.82) is 0 Å². The molecule has 126 valence electrons. The number of benzene rings is 1. The van der Waals surface area contributed by atoms with Crippen LogP contribution in [-0.2, 0) is 11.2 Å². The van der Waals surface area contributed by atoms with Crippen molar-refractivity contribution in [3.63, 3.8) is 0 Å². The van der Waals surface area contributed by atoms with Crippen molar-refractivity contribution in [1.82, 2.24) is 10.3 Å². The van der Waals surface area contributed by atoms with E-state index in [9.17, 15) is 14.0 Å². The number of aromatic nitrogens is 1. The van der Waals surface area contributed by atoms with E-state index < -0.39 is 5.82 Å². The van der Waals surface area contributed by atoms with E-state index in [1.54, 1.807) is 19.9 Å². The highest BCUT2D eigenvalue weighted by atomic mass is 32.1. The fourth-order valence-corrected chi connectivity index (χ4v) is 3.24. The van der Waals surface area contributed by atoms with Gasteiger partial charge in [0.05, 0.1) is 17.8 Å². The summed E-state index contributed by atoms with van der Waals surface area (Å²) >= 11 is 1.21. The van der Waals surface area contributed by atoms with E-state index >= 15 is 0 Å². The first-order valence-electron chi connectivity index (χ1n) is 7.75. The van der Waals surface area contributed by atoms with Crippen molar-refractivity contribution in [3.8, 4) is 0 Å². The van der Waals surface area contributed by atoms with Crippen LogP contribution >= 0.6 is 11.3 Å². The number of carbonyl (C=O) groups is 2. The molecule has 1 fully saturated rings. The van der Waals surface area contributed by atoms with Crippen molar-refractivity contribution in [2.75, 3.05) is 5.32 Å². The second-order valence-electron chi connectivity index (χ2n) is 5.98. The van der Waals surface area contributed by atoms with Crippen LogP contribution in [0.1, 0.15) is 38.8 Å². The molecule has 0 bridgehead atoms. The Kier molecular flexibility index (Phi) is 4.62. The van der Waals surface area contributed by atoms with Gasteiger partial charge in [0.15, 0.2) is 0 Å². The Hall–Kier alpha value is -2.28. The molecule has 0 radical (unpaired) electrons. The summed E-state index contributed by atoms with van der Waals surface area (Å²) in [5.41, 5.74) is 1.54. The molecule has 0 unspecified atom stereocenters. The maximum Gasteiger partial charge on any atom is 0.263 e. The molecule has 0 saturated heterocycles. The number of carbonyl (C=O) groups excluding carboxylic acids is 2. The second-order valence-corrected chi connectivity index (χ2v) is 7.06. The zero-order chi connectivity index (χ0) is 17.3. The number of rotatable bonds is 5. The minimum absolute atomic E-state index is 0.00946. The first-order valence-corrected chi connectivity index (χ1v) is 8.57. The molecule has 2 amide bonds. The molecule has 24 heavy (non-hydrogen) atoms. The molecule has 1 aromatic carbocycles. The van der Waals surface area contributed by atoms with E-state index in [0.29, 0.717) is 15.6 Å². The Morgan fingerprint density at radius 1 is 1.33 bits per heavy atom. The summed E-state index contributed by atoms with van der Waals surface area (Å²) in [5.74, 6) is -0.965. The van der Waals surface area contributed by atoms with Gasteiger partial charge in [-0.3, -0.25) is 9.59 Å². The van der Waals surface area contributed by atoms with Crippen LogP contribution < -0.4 is 10.6 Å². The van der Waals surface area contributed by atoms with Crippen LogP contribution in [0.5, 0.6) is 0 Å². The van der Waals surface area contributed by atoms with Crippen molar-refractivity contribution < 1.29 is 14.0 Å². The fraction of sp³-hybridized carbons (Fsp3) is 0.353. The van der Waals surface area contributed by atoms with Crippen LogP contribution in [-0.4, -0.2) is 22.8 Å². The Labute approximate surface area is 143 Å².